The maximum atomic E-state index is 12.2. The molecule has 0 radical (unpaired) electrons. The number of hydrogen-bond acceptors (Lipinski definition) is 3. The van der Waals surface area contributed by atoms with E-state index < -0.39 is 23.2 Å². The van der Waals surface area contributed by atoms with Gasteiger partial charge in [0.15, 0.2) is 0 Å². The standard InChI is InChI=1S/C16H22N2O3/c1-15(2,10-7-5-6-8-17-10)9-18-13(19)11-12(14(20)21)16(11,3)4/h5-8,11-12H,9H2,1-4H3,(H,18,19)(H,20,21)/t11-,12+/m0/s1. The smallest absolute Gasteiger partial charge is 0.307 e. The highest BCUT2D eigenvalue weighted by atomic mass is 16.4. The Hall–Kier alpha value is -1.91. The van der Waals surface area contributed by atoms with E-state index in [9.17, 15) is 9.59 Å². The molecule has 1 saturated carbocycles. The number of nitrogens with one attached hydrogen (secondary N) is 1. The van der Waals surface area contributed by atoms with Crippen molar-refractivity contribution in [3.8, 4) is 0 Å². The molecule has 5 nitrogen and oxygen atoms in total. The van der Waals surface area contributed by atoms with Crippen LogP contribution in [0.3, 0.4) is 0 Å². The summed E-state index contributed by atoms with van der Waals surface area (Å²) in [5, 5.41) is 12.0. The summed E-state index contributed by atoms with van der Waals surface area (Å²) in [4.78, 5) is 27.7. The first-order valence-electron chi connectivity index (χ1n) is 7.10. The summed E-state index contributed by atoms with van der Waals surface area (Å²) in [5.41, 5.74) is 0.134. The van der Waals surface area contributed by atoms with Crippen LogP contribution in [-0.4, -0.2) is 28.5 Å². The first-order valence-corrected chi connectivity index (χ1v) is 7.10. The Labute approximate surface area is 124 Å². The van der Waals surface area contributed by atoms with Crippen LogP contribution in [-0.2, 0) is 15.0 Å². The SMILES string of the molecule is CC(C)(CNC(=O)[C@@H]1[C@H](C(=O)O)C1(C)C)c1ccccn1. The first-order chi connectivity index (χ1) is 9.68. The Balaban J connectivity index is 1.98. The molecule has 21 heavy (non-hydrogen) atoms. The van der Waals surface area contributed by atoms with Gasteiger partial charge in [-0.1, -0.05) is 33.8 Å². The van der Waals surface area contributed by atoms with Crippen LogP contribution in [0.15, 0.2) is 24.4 Å². The monoisotopic (exact) mass is 290 g/mol. The van der Waals surface area contributed by atoms with E-state index in [0.717, 1.165) is 5.69 Å². The summed E-state index contributed by atoms with van der Waals surface area (Å²) in [6.07, 6.45) is 1.73. The fourth-order valence-corrected chi connectivity index (χ4v) is 2.86. The molecular formula is C16H22N2O3. The van der Waals surface area contributed by atoms with Gasteiger partial charge < -0.3 is 10.4 Å². The molecule has 0 unspecified atom stereocenters. The lowest BCUT2D eigenvalue weighted by Crippen LogP contribution is -2.38. The quantitative estimate of drug-likeness (QED) is 0.867. The Morgan fingerprint density at radius 1 is 1.33 bits per heavy atom. The first kappa shape index (κ1) is 15.5. The van der Waals surface area contributed by atoms with Gasteiger partial charge in [0.25, 0.3) is 0 Å². The largest absolute Gasteiger partial charge is 0.481 e. The molecule has 1 aromatic rings. The van der Waals surface area contributed by atoms with E-state index in [4.69, 9.17) is 5.11 Å². The van der Waals surface area contributed by atoms with Gasteiger partial charge in [0.2, 0.25) is 5.91 Å². The van der Waals surface area contributed by atoms with Crippen molar-refractivity contribution in [3.63, 3.8) is 0 Å². The Bertz CT molecular complexity index is 552. The van der Waals surface area contributed by atoms with Gasteiger partial charge in [-0.05, 0) is 17.5 Å². The zero-order chi connectivity index (χ0) is 15.8. The molecular weight excluding hydrogens is 268 g/mol. The number of nitrogens with zero attached hydrogens (tertiary/aromatic N) is 1. The van der Waals surface area contributed by atoms with Crippen molar-refractivity contribution >= 4 is 11.9 Å². The minimum Gasteiger partial charge on any atom is -0.481 e. The fourth-order valence-electron chi connectivity index (χ4n) is 2.86. The minimum atomic E-state index is -0.899. The maximum Gasteiger partial charge on any atom is 0.307 e. The highest BCUT2D eigenvalue weighted by Crippen LogP contribution is 2.58. The Morgan fingerprint density at radius 2 is 2.00 bits per heavy atom. The average Bonchev–Trinajstić information content (AvgIpc) is 3.00. The van der Waals surface area contributed by atoms with E-state index >= 15 is 0 Å². The number of carbonyl (C=O) groups is 2. The molecule has 5 heteroatoms. The van der Waals surface area contributed by atoms with Crippen LogP contribution in [0.25, 0.3) is 0 Å². The minimum absolute atomic E-state index is 0.184. The summed E-state index contributed by atoms with van der Waals surface area (Å²) in [7, 11) is 0. The molecule has 1 aliphatic carbocycles. The second-order valence-corrected chi connectivity index (χ2v) is 6.93. The van der Waals surface area contributed by atoms with E-state index in [1.807, 2.05) is 45.9 Å². The molecule has 1 aromatic heterocycles. The number of pyridine rings is 1. The van der Waals surface area contributed by atoms with E-state index in [2.05, 4.69) is 10.3 Å². The van der Waals surface area contributed by atoms with Crippen LogP contribution in [0.5, 0.6) is 0 Å². The number of amides is 1. The number of aromatic nitrogens is 1. The molecule has 0 saturated heterocycles. The third-order valence-corrected chi connectivity index (χ3v) is 4.44. The predicted molar refractivity (Wildman–Crippen MR) is 78.7 cm³/mol. The third kappa shape index (κ3) is 2.91. The highest BCUT2D eigenvalue weighted by Gasteiger charge is 2.65. The molecule has 2 rings (SSSR count). The van der Waals surface area contributed by atoms with Crippen LogP contribution in [0, 0.1) is 17.3 Å². The number of carboxylic acids is 1. The molecule has 2 N–H and O–H groups in total. The van der Waals surface area contributed by atoms with Crippen LogP contribution < -0.4 is 5.32 Å². The van der Waals surface area contributed by atoms with Crippen molar-refractivity contribution in [3.05, 3.63) is 30.1 Å². The van der Waals surface area contributed by atoms with Crippen molar-refractivity contribution < 1.29 is 14.7 Å². The highest BCUT2D eigenvalue weighted by molar-refractivity contribution is 5.91. The van der Waals surface area contributed by atoms with Gasteiger partial charge in [-0.15, -0.1) is 0 Å². The lowest BCUT2D eigenvalue weighted by Gasteiger charge is -2.24. The summed E-state index contributed by atoms with van der Waals surface area (Å²) in [5.74, 6) is -2.12. The summed E-state index contributed by atoms with van der Waals surface area (Å²) >= 11 is 0. The Kier molecular flexibility index (Phi) is 3.78. The number of rotatable bonds is 5. The normalized spacial score (nSPS) is 23.4. The molecule has 1 aliphatic rings. The van der Waals surface area contributed by atoms with Gasteiger partial charge in [0.05, 0.1) is 11.8 Å². The number of hydrogen-bond donors (Lipinski definition) is 2. The van der Waals surface area contributed by atoms with Crippen molar-refractivity contribution in [2.45, 2.75) is 33.1 Å². The van der Waals surface area contributed by atoms with Crippen LogP contribution >= 0.6 is 0 Å². The zero-order valence-electron chi connectivity index (χ0n) is 12.9. The van der Waals surface area contributed by atoms with Crippen LogP contribution in [0.2, 0.25) is 0 Å². The zero-order valence-corrected chi connectivity index (χ0v) is 12.9. The summed E-state index contributed by atoms with van der Waals surface area (Å²) in [6, 6.07) is 5.69. The predicted octanol–water partition coefficient (Wildman–Crippen LogP) is 1.83. The second-order valence-electron chi connectivity index (χ2n) is 6.93. The van der Waals surface area contributed by atoms with Gasteiger partial charge in [0.1, 0.15) is 0 Å². The van der Waals surface area contributed by atoms with Gasteiger partial charge in [-0.25, -0.2) is 0 Å². The third-order valence-electron chi connectivity index (χ3n) is 4.44. The molecule has 2 atom stereocenters. The summed E-state index contributed by atoms with van der Waals surface area (Å²) < 4.78 is 0. The average molecular weight is 290 g/mol. The topological polar surface area (TPSA) is 79.3 Å². The van der Waals surface area contributed by atoms with Crippen LogP contribution in [0.4, 0.5) is 0 Å². The fraction of sp³-hybridized carbons (Fsp3) is 0.562. The molecule has 1 fully saturated rings. The molecule has 0 spiro atoms. The molecule has 0 aliphatic heterocycles. The number of aliphatic carboxylic acids is 1. The van der Waals surface area contributed by atoms with Gasteiger partial charge in [-0.3, -0.25) is 14.6 Å². The lowest BCUT2D eigenvalue weighted by molar-refractivity contribution is -0.140. The maximum absolute atomic E-state index is 12.2. The van der Waals surface area contributed by atoms with E-state index in [0.29, 0.717) is 6.54 Å². The molecule has 0 bridgehead atoms. The van der Waals surface area contributed by atoms with Gasteiger partial charge in [-0.2, -0.15) is 0 Å². The molecule has 114 valence electrons. The number of carbonyl (C=O) groups excluding carboxylic acids is 1. The van der Waals surface area contributed by atoms with E-state index in [-0.39, 0.29) is 11.3 Å². The number of carboxylic acid groups (broad SMARTS) is 1. The lowest BCUT2D eigenvalue weighted by atomic mass is 9.88. The van der Waals surface area contributed by atoms with Crippen molar-refractivity contribution in [2.24, 2.45) is 17.3 Å². The van der Waals surface area contributed by atoms with Gasteiger partial charge >= 0.3 is 5.97 Å². The van der Waals surface area contributed by atoms with Gasteiger partial charge in [0, 0.05) is 23.9 Å². The van der Waals surface area contributed by atoms with Crippen LogP contribution in [0.1, 0.15) is 33.4 Å². The molecule has 1 heterocycles. The van der Waals surface area contributed by atoms with E-state index in [1.54, 1.807) is 6.20 Å². The second kappa shape index (κ2) is 5.13. The molecule has 1 amide bonds. The van der Waals surface area contributed by atoms with Crippen molar-refractivity contribution in [2.75, 3.05) is 6.54 Å². The summed E-state index contributed by atoms with van der Waals surface area (Å²) in [6.45, 7) is 8.08. The van der Waals surface area contributed by atoms with Crippen molar-refractivity contribution in [1.29, 1.82) is 0 Å². The molecule has 0 aromatic carbocycles. The van der Waals surface area contributed by atoms with E-state index in [1.165, 1.54) is 0 Å². The van der Waals surface area contributed by atoms with Crippen molar-refractivity contribution in [1.82, 2.24) is 10.3 Å². The Morgan fingerprint density at radius 3 is 2.48 bits per heavy atom.